The first-order valence-corrected chi connectivity index (χ1v) is 8.62. The molecule has 2 heterocycles. The van der Waals surface area contributed by atoms with E-state index in [2.05, 4.69) is 20.3 Å². The summed E-state index contributed by atoms with van der Waals surface area (Å²) >= 11 is 3.15. The second-order valence-corrected chi connectivity index (χ2v) is 6.61. The number of thiazole rings is 1. The number of fused-ring (bicyclic) bond motifs is 1. The molecule has 1 aromatic carbocycles. The van der Waals surface area contributed by atoms with Gasteiger partial charge in [0.05, 0.1) is 0 Å². The summed E-state index contributed by atoms with van der Waals surface area (Å²) in [6.45, 7) is 0.656. The van der Waals surface area contributed by atoms with Crippen LogP contribution in [-0.4, -0.2) is 38.0 Å². The number of nitrogens with one attached hydrogen (secondary N) is 1. The molecule has 114 valence electrons. The largest absolute Gasteiger partial charge is 0.504 e. The Morgan fingerprint density at radius 1 is 1.23 bits per heavy atom. The number of aromatic hydroxyl groups is 2. The van der Waals surface area contributed by atoms with E-state index in [-0.39, 0.29) is 11.5 Å². The number of nitrogens with zero attached hydrogens (tertiary/aromatic N) is 3. The van der Waals surface area contributed by atoms with E-state index in [0.29, 0.717) is 18.6 Å². The third-order valence-electron chi connectivity index (χ3n) is 3.09. The van der Waals surface area contributed by atoms with Crippen molar-refractivity contribution in [1.29, 1.82) is 0 Å². The Morgan fingerprint density at radius 3 is 2.86 bits per heavy atom. The molecule has 0 aliphatic heterocycles. The SMILES string of the molecule is CSc1nc2ncnc(NCCc3ccc(O)c(O)c3)c2s1. The highest BCUT2D eigenvalue weighted by Gasteiger charge is 2.09. The van der Waals surface area contributed by atoms with Crippen molar-refractivity contribution in [3.8, 4) is 11.5 Å². The highest BCUT2D eigenvalue weighted by molar-refractivity contribution is 8.00. The van der Waals surface area contributed by atoms with Crippen molar-refractivity contribution in [2.24, 2.45) is 0 Å². The predicted molar refractivity (Wildman–Crippen MR) is 89.0 cm³/mol. The Morgan fingerprint density at radius 2 is 2.09 bits per heavy atom. The maximum atomic E-state index is 9.49. The number of anilines is 1. The van der Waals surface area contributed by atoms with Gasteiger partial charge in [-0.15, -0.1) is 11.3 Å². The quantitative estimate of drug-likeness (QED) is 0.488. The summed E-state index contributed by atoms with van der Waals surface area (Å²) in [5.41, 5.74) is 1.64. The standard InChI is InChI=1S/C14H14N4O2S2/c1-21-14-18-13-11(22-14)12(16-7-17-13)15-5-4-8-2-3-9(19)10(20)6-8/h2-3,6-7,19-20H,4-5H2,1H3,(H,15,16,17). The minimum atomic E-state index is -0.108. The molecule has 0 aliphatic rings. The third kappa shape index (κ3) is 3.07. The molecule has 0 fully saturated rings. The maximum absolute atomic E-state index is 9.49. The molecule has 0 bridgehead atoms. The van der Waals surface area contributed by atoms with Crippen molar-refractivity contribution < 1.29 is 10.2 Å². The van der Waals surface area contributed by atoms with Crippen LogP contribution < -0.4 is 5.32 Å². The highest BCUT2D eigenvalue weighted by atomic mass is 32.2. The van der Waals surface area contributed by atoms with Crippen LogP contribution in [0.1, 0.15) is 5.56 Å². The molecule has 3 rings (SSSR count). The van der Waals surface area contributed by atoms with E-state index in [1.54, 1.807) is 35.2 Å². The van der Waals surface area contributed by atoms with E-state index < -0.39 is 0 Å². The Hall–Kier alpha value is -2.06. The smallest absolute Gasteiger partial charge is 0.176 e. The van der Waals surface area contributed by atoms with Crippen LogP contribution in [0.5, 0.6) is 11.5 Å². The van der Waals surface area contributed by atoms with E-state index in [9.17, 15) is 10.2 Å². The van der Waals surface area contributed by atoms with Crippen molar-refractivity contribution in [2.45, 2.75) is 10.8 Å². The second kappa shape index (κ2) is 6.37. The molecule has 0 aliphatic carbocycles. The Kier molecular flexibility index (Phi) is 4.30. The van der Waals surface area contributed by atoms with Crippen LogP contribution in [0.15, 0.2) is 28.9 Å². The monoisotopic (exact) mass is 334 g/mol. The fourth-order valence-corrected chi connectivity index (χ4v) is 3.48. The zero-order valence-corrected chi connectivity index (χ0v) is 13.4. The lowest BCUT2D eigenvalue weighted by Gasteiger charge is -2.06. The van der Waals surface area contributed by atoms with Crippen molar-refractivity contribution in [2.75, 3.05) is 18.1 Å². The predicted octanol–water partition coefficient (Wildman–Crippen LogP) is 2.87. The Balaban J connectivity index is 1.71. The number of hydrogen-bond donors (Lipinski definition) is 3. The van der Waals surface area contributed by atoms with Crippen LogP contribution in [0.25, 0.3) is 10.3 Å². The summed E-state index contributed by atoms with van der Waals surface area (Å²) in [6, 6.07) is 4.83. The first kappa shape index (κ1) is 14.9. The molecule has 6 nitrogen and oxygen atoms in total. The Labute approximate surface area is 135 Å². The lowest BCUT2D eigenvalue weighted by atomic mass is 10.1. The summed E-state index contributed by atoms with van der Waals surface area (Å²) in [4.78, 5) is 12.8. The minimum Gasteiger partial charge on any atom is -0.504 e. The molecule has 0 spiro atoms. The minimum absolute atomic E-state index is 0.103. The van der Waals surface area contributed by atoms with Gasteiger partial charge in [0.1, 0.15) is 16.8 Å². The molecule has 0 amide bonds. The molecule has 3 N–H and O–H groups in total. The molecule has 0 saturated carbocycles. The van der Waals surface area contributed by atoms with Gasteiger partial charge in [0.2, 0.25) is 0 Å². The van der Waals surface area contributed by atoms with Crippen LogP contribution in [-0.2, 0) is 6.42 Å². The fraction of sp³-hybridized carbons (Fsp3) is 0.214. The number of rotatable bonds is 5. The van der Waals surface area contributed by atoms with E-state index in [4.69, 9.17) is 0 Å². The summed E-state index contributed by atoms with van der Waals surface area (Å²) in [7, 11) is 0. The average molecular weight is 334 g/mol. The molecule has 0 atom stereocenters. The summed E-state index contributed by atoms with van der Waals surface area (Å²) in [5, 5.41) is 22.1. The topological polar surface area (TPSA) is 91.2 Å². The van der Waals surface area contributed by atoms with E-state index in [1.165, 1.54) is 12.4 Å². The van der Waals surface area contributed by atoms with Gasteiger partial charge in [-0.05, 0) is 30.4 Å². The molecule has 0 radical (unpaired) electrons. The first-order valence-electron chi connectivity index (χ1n) is 6.57. The van der Waals surface area contributed by atoms with Gasteiger partial charge >= 0.3 is 0 Å². The summed E-state index contributed by atoms with van der Waals surface area (Å²) in [5.74, 6) is 0.559. The van der Waals surface area contributed by atoms with Gasteiger partial charge in [-0.25, -0.2) is 15.0 Å². The second-order valence-electron chi connectivity index (χ2n) is 4.56. The van der Waals surface area contributed by atoms with Crippen molar-refractivity contribution >= 4 is 39.3 Å². The van der Waals surface area contributed by atoms with Crippen molar-refractivity contribution in [3.63, 3.8) is 0 Å². The molecule has 0 unspecified atom stereocenters. The van der Waals surface area contributed by atoms with Crippen molar-refractivity contribution in [3.05, 3.63) is 30.1 Å². The number of phenolic OH excluding ortho intramolecular Hbond substituents is 2. The lowest BCUT2D eigenvalue weighted by Crippen LogP contribution is -2.06. The van der Waals surface area contributed by atoms with Gasteiger partial charge in [0.25, 0.3) is 0 Å². The molecule has 8 heteroatoms. The first-order chi connectivity index (χ1) is 10.7. The fourth-order valence-electron chi connectivity index (χ4n) is 2.00. The molecular weight excluding hydrogens is 320 g/mol. The maximum Gasteiger partial charge on any atom is 0.176 e. The van der Waals surface area contributed by atoms with Crippen LogP contribution in [0.3, 0.4) is 0 Å². The van der Waals surface area contributed by atoms with Gasteiger partial charge in [0, 0.05) is 6.54 Å². The summed E-state index contributed by atoms with van der Waals surface area (Å²) in [6.07, 6.45) is 4.18. The highest BCUT2D eigenvalue weighted by Crippen LogP contribution is 2.31. The van der Waals surface area contributed by atoms with E-state index >= 15 is 0 Å². The van der Waals surface area contributed by atoms with Gasteiger partial charge in [-0.3, -0.25) is 0 Å². The Bertz CT molecular complexity index is 807. The number of aromatic nitrogens is 3. The number of thioether (sulfide) groups is 1. The zero-order valence-electron chi connectivity index (χ0n) is 11.8. The van der Waals surface area contributed by atoms with Crippen LogP contribution in [0.2, 0.25) is 0 Å². The molecular formula is C14H14N4O2S2. The van der Waals surface area contributed by atoms with Gasteiger partial charge < -0.3 is 15.5 Å². The van der Waals surface area contributed by atoms with Crippen LogP contribution in [0.4, 0.5) is 5.82 Å². The van der Waals surface area contributed by atoms with Crippen LogP contribution in [0, 0.1) is 0 Å². The van der Waals surface area contributed by atoms with E-state index in [1.807, 2.05) is 6.26 Å². The number of phenols is 2. The third-order valence-corrected chi connectivity index (χ3v) is 5.13. The molecule has 0 saturated heterocycles. The molecule has 2 aromatic heterocycles. The van der Waals surface area contributed by atoms with Crippen molar-refractivity contribution in [1.82, 2.24) is 15.0 Å². The zero-order chi connectivity index (χ0) is 15.5. The number of benzene rings is 1. The van der Waals surface area contributed by atoms with Gasteiger partial charge in [-0.2, -0.15) is 0 Å². The van der Waals surface area contributed by atoms with Crippen LogP contribution >= 0.6 is 23.1 Å². The molecule has 22 heavy (non-hydrogen) atoms. The average Bonchev–Trinajstić information content (AvgIpc) is 2.95. The van der Waals surface area contributed by atoms with Gasteiger partial charge in [0.15, 0.2) is 21.5 Å². The summed E-state index contributed by atoms with van der Waals surface area (Å²) < 4.78 is 1.91. The number of hydrogen-bond acceptors (Lipinski definition) is 8. The normalized spacial score (nSPS) is 11.0. The lowest BCUT2D eigenvalue weighted by molar-refractivity contribution is 0.403. The van der Waals surface area contributed by atoms with E-state index in [0.717, 1.165) is 20.4 Å². The van der Waals surface area contributed by atoms with Gasteiger partial charge in [-0.1, -0.05) is 17.8 Å². The molecule has 3 aromatic rings.